The van der Waals surface area contributed by atoms with Crippen LogP contribution in [0.4, 0.5) is 4.39 Å². The van der Waals surface area contributed by atoms with Crippen molar-refractivity contribution in [3.63, 3.8) is 0 Å². The first kappa shape index (κ1) is 11.1. The van der Waals surface area contributed by atoms with Gasteiger partial charge < -0.3 is 15.5 Å². The molecule has 0 fully saturated rings. The zero-order chi connectivity index (χ0) is 12.3. The fourth-order valence-electron chi connectivity index (χ4n) is 1.57. The van der Waals surface area contributed by atoms with Crippen LogP contribution in [-0.4, -0.2) is 20.6 Å². The highest BCUT2D eigenvalue weighted by Crippen LogP contribution is 2.08. The number of pyridine rings is 1. The Balaban J connectivity index is 2.28. The minimum atomic E-state index is -0.389. The van der Waals surface area contributed by atoms with Gasteiger partial charge in [-0.15, -0.1) is 0 Å². The van der Waals surface area contributed by atoms with Crippen molar-refractivity contribution in [2.24, 2.45) is 10.9 Å². The van der Waals surface area contributed by atoms with Crippen LogP contribution in [-0.2, 0) is 6.54 Å². The number of amidine groups is 1. The average Bonchev–Trinajstić information content (AvgIpc) is 2.76. The minimum absolute atomic E-state index is 0.0133. The molecule has 0 bridgehead atoms. The normalized spacial score (nSPS) is 11.7. The third-order valence-electron chi connectivity index (χ3n) is 2.31. The summed E-state index contributed by atoms with van der Waals surface area (Å²) < 4.78 is 14.7. The molecule has 0 aliphatic carbocycles. The summed E-state index contributed by atoms with van der Waals surface area (Å²) >= 11 is 0. The number of aromatic nitrogens is 2. The second-order valence-corrected chi connectivity index (χ2v) is 3.52. The van der Waals surface area contributed by atoms with Crippen LogP contribution in [0.1, 0.15) is 11.3 Å². The van der Waals surface area contributed by atoms with Gasteiger partial charge in [0, 0.05) is 18.9 Å². The van der Waals surface area contributed by atoms with Crippen LogP contribution in [0.15, 0.2) is 41.9 Å². The quantitative estimate of drug-likeness (QED) is 0.362. The summed E-state index contributed by atoms with van der Waals surface area (Å²) in [6.07, 6.45) is 4.47. The van der Waals surface area contributed by atoms with E-state index in [4.69, 9.17) is 10.9 Å². The number of nitrogens with two attached hydrogens (primary N) is 1. The smallest absolute Gasteiger partial charge is 0.186 e. The van der Waals surface area contributed by atoms with E-state index in [9.17, 15) is 4.39 Å². The molecule has 0 saturated carbocycles. The van der Waals surface area contributed by atoms with Gasteiger partial charge in [-0.2, -0.15) is 0 Å². The highest BCUT2D eigenvalue weighted by atomic mass is 19.1. The van der Waals surface area contributed by atoms with E-state index >= 15 is 0 Å². The molecule has 5 nitrogen and oxygen atoms in total. The molecule has 2 aromatic rings. The van der Waals surface area contributed by atoms with Crippen LogP contribution in [0.25, 0.3) is 0 Å². The third kappa shape index (κ3) is 2.41. The molecule has 17 heavy (non-hydrogen) atoms. The lowest BCUT2D eigenvalue weighted by molar-refractivity contribution is 0.318. The summed E-state index contributed by atoms with van der Waals surface area (Å²) in [5.74, 6) is -0.376. The fourth-order valence-corrected chi connectivity index (χ4v) is 1.57. The van der Waals surface area contributed by atoms with Gasteiger partial charge >= 0.3 is 0 Å². The lowest BCUT2D eigenvalue weighted by Gasteiger charge is -2.07. The van der Waals surface area contributed by atoms with E-state index in [0.29, 0.717) is 17.8 Å². The first-order chi connectivity index (χ1) is 8.20. The van der Waals surface area contributed by atoms with Crippen LogP contribution in [0, 0.1) is 5.82 Å². The SMILES string of the molecule is N/C(=N/O)c1cccn1Cc1cncc(F)c1. The molecule has 0 amide bonds. The minimum Gasteiger partial charge on any atom is -0.409 e. The zero-order valence-electron chi connectivity index (χ0n) is 8.92. The topological polar surface area (TPSA) is 76.4 Å². The summed E-state index contributed by atoms with van der Waals surface area (Å²) in [6, 6.07) is 4.87. The molecular weight excluding hydrogens is 223 g/mol. The number of halogens is 1. The van der Waals surface area contributed by atoms with Crippen LogP contribution < -0.4 is 5.73 Å². The largest absolute Gasteiger partial charge is 0.409 e. The standard InChI is InChI=1S/C11H11FN4O/c12-9-4-8(5-14-6-9)7-16-3-1-2-10(16)11(13)15-17/h1-6,17H,7H2,(H2,13,15). The van der Waals surface area contributed by atoms with Gasteiger partial charge in [-0.25, -0.2) is 4.39 Å². The maximum atomic E-state index is 13.0. The summed E-state index contributed by atoms with van der Waals surface area (Å²) in [4.78, 5) is 3.76. The Morgan fingerprint density at radius 1 is 1.53 bits per heavy atom. The number of nitrogens with zero attached hydrogens (tertiary/aromatic N) is 3. The van der Waals surface area contributed by atoms with Crippen LogP contribution >= 0.6 is 0 Å². The third-order valence-corrected chi connectivity index (χ3v) is 2.31. The molecule has 0 unspecified atom stereocenters. The maximum absolute atomic E-state index is 13.0. The van der Waals surface area contributed by atoms with Crippen molar-refractivity contribution in [1.82, 2.24) is 9.55 Å². The highest BCUT2D eigenvalue weighted by Gasteiger charge is 2.06. The van der Waals surface area contributed by atoms with Gasteiger partial charge in [0.1, 0.15) is 5.82 Å². The fraction of sp³-hybridized carbons (Fsp3) is 0.0909. The van der Waals surface area contributed by atoms with Crippen molar-refractivity contribution >= 4 is 5.84 Å². The summed E-state index contributed by atoms with van der Waals surface area (Å²) in [7, 11) is 0. The van der Waals surface area contributed by atoms with E-state index in [0.717, 1.165) is 6.20 Å². The van der Waals surface area contributed by atoms with Gasteiger partial charge in [0.25, 0.3) is 0 Å². The van der Waals surface area contributed by atoms with E-state index in [1.165, 1.54) is 6.07 Å². The highest BCUT2D eigenvalue weighted by molar-refractivity contribution is 5.95. The molecule has 3 N–H and O–H groups in total. The molecule has 2 aromatic heterocycles. The van der Waals surface area contributed by atoms with Crippen molar-refractivity contribution in [2.75, 3.05) is 0 Å². The molecule has 0 atom stereocenters. The van der Waals surface area contributed by atoms with Gasteiger partial charge in [0.05, 0.1) is 11.9 Å². The molecular formula is C11H11FN4O. The predicted octanol–water partition coefficient (Wildman–Crippen LogP) is 1.17. The number of rotatable bonds is 3. The van der Waals surface area contributed by atoms with E-state index < -0.39 is 0 Å². The molecule has 6 heteroatoms. The Morgan fingerprint density at radius 2 is 2.35 bits per heavy atom. The first-order valence-electron chi connectivity index (χ1n) is 4.93. The predicted molar refractivity (Wildman–Crippen MR) is 60.2 cm³/mol. The Hall–Kier alpha value is -2.37. The molecule has 0 aromatic carbocycles. The molecule has 0 aliphatic heterocycles. The average molecular weight is 234 g/mol. The number of hydrogen-bond acceptors (Lipinski definition) is 3. The lowest BCUT2D eigenvalue weighted by Crippen LogP contribution is -2.18. The van der Waals surface area contributed by atoms with E-state index in [2.05, 4.69) is 10.1 Å². The molecule has 0 saturated heterocycles. The van der Waals surface area contributed by atoms with Crippen molar-refractivity contribution in [3.05, 3.63) is 53.9 Å². The Labute approximate surface area is 97.0 Å². The van der Waals surface area contributed by atoms with E-state index in [1.807, 2.05) is 0 Å². The van der Waals surface area contributed by atoms with Crippen LogP contribution in [0.5, 0.6) is 0 Å². The zero-order valence-corrected chi connectivity index (χ0v) is 8.92. The number of oxime groups is 1. The van der Waals surface area contributed by atoms with Gasteiger partial charge in [0.15, 0.2) is 5.84 Å². The lowest BCUT2D eigenvalue weighted by atomic mass is 10.2. The van der Waals surface area contributed by atoms with Gasteiger partial charge in [-0.05, 0) is 23.8 Å². The van der Waals surface area contributed by atoms with E-state index in [1.54, 1.807) is 29.1 Å². The Bertz CT molecular complexity index is 550. The molecule has 0 aliphatic rings. The first-order valence-corrected chi connectivity index (χ1v) is 4.93. The Kier molecular flexibility index (Phi) is 3.04. The van der Waals surface area contributed by atoms with Gasteiger partial charge in [-0.3, -0.25) is 4.98 Å². The Morgan fingerprint density at radius 3 is 3.06 bits per heavy atom. The van der Waals surface area contributed by atoms with Crippen LogP contribution in [0.3, 0.4) is 0 Å². The van der Waals surface area contributed by atoms with Crippen molar-refractivity contribution in [3.8, 4) is 0 Å². The van der Waals surface area contributed by atoms with Gasteiger partial charge in [0.2, 0.25) is 0 Å². The monoisotopic (exact) mass is 234 g/mol. The number of hydrogen-bond donors (Lipinski definition) is 2. The van der Waals surface area contributed by atoms with Crippen molar-refractivity contribution < 1.29 is 9.60 Å². The maximum Gasteiger partial charge on any atom is 0.186 e. The van der Waals surface area contributed by atoms with Crippen molar-refractivity contribution in [2.45, 2.75) is 6.54 Å². The summed E-state index contributed by atoms with van der Waals surface area (Å²) in [6.45, 7) is 0.406. The summed E-state index contributed by atoms with van der Waals surface area (Å²) in [5, 5.41) is 11.6. The summed E-state index contributed by atoms with van der Waals surface area (Å²) in [5.41, 5.74) is 6.78. The molecule has 88 valence electrons. The molecule has 0 radical (unpaired) electrons. The molecule has 2 heterocycles. The van der Waals surface area contributed by atoms with Crippen LogP contribution in [0.2, 0.25) is 0 Å². The second-order valence-electron chi connectivity index (χ2n) is 3.52. The van der Waals surface area contributed by atoms with Crippen molar-refractivity contribution in [1.29, 1.82) is 0 Å². The van der Waals surface area contributed by atoms with Gasteiger partial charge in [-0.1, -0.05) is 5.16 Å². The molecule has 2 rings (SSSR count). The second kappa shape index (κ2) is 4.65. The molecule has 0 spiro atoms. The van der Waals surface area contributed by atoms with E-state index in [-0.39, 0.29) is 11.7 Å².